The predicted octanol–water partition coefficient (Wildman–Crippen LogP) is 1.08. The van der Waals surface area contributed by atoms with Gasteiger partial charge in [0.05, 0.1) is 5.69 Å². The van der Waals surface area contributed by atoms with Crippen molar-refractivity contribution >= 4 is 11.6 Å². The van der Waals surface area contributed by atoms with Gasteiger partial charge in [-0.3, -0.25) is 0 Å². The third-order valence-electron chi connectivity index (χ3n) is 2.47. The quantitative estimate of drug-likeness (QED) is 0.504. The van der Waals surface area contributed by atoms with Gasteiger partial charge in [-0.2, -0.15) is 14.6 Å². The largest absolute Gasteiger partial charge is 0.308 e. The molecule has 6 heteroatoms. The molecule has 0 spiro atoms. The van der Waals surface area contributed by atoms with Crippen molar-refractivity contribution in [3.05, 3.63) is 42.7 Å². The Morgan fingerprint density at radius 1 is 1.18 bits per heavy atom. The van der Waals surface area contributed by atoms with E-state index in [9.17, 15) is 0 Å². The smallest absolute Gasteiger partial charge is 0.254 e. The minimum Gasteiger partial charge on any atom is -0.308 e. The predicted molar refractivity (Wildman–Crippen MR) is 64.0 cm³/mol. The highest BCUT2D eigenvalue weighted by Gasteiger charge is 2.07. The zero-order valence-electron chi connectivity index (χ0n) is 8.91. The Bertz CT molecular complexity index is 645. The SMILES string of the molecule is NNc1cc(-c2ccccc2)nc2ncnn12. The molecule has 0 atom stereocenters. The van der Waals surface area contributed by atoms with Crippen molar-refractivity contribution in [1.82, 2.24) is 19.6 Å². The van der Waals surface area contributed by atoms with Crippen LogP contribution in [0.4, 0.5) is 5.82 Å². The number of hydrogen-bond donors (Lipinski definition) is 2. The lowest BCUT2D eigenvalue weighted by Crippen LogP contribution is -2.12. The molecule has 84 valence electrons. The molecule has 0 aliphatic rings. The third-order valence-corrected chi connectivity index (χ3v) is 2.47. The molecule has 0 fully saturated rings. The summed E-state index contributed by atoms with van der Waals surface area (Å²) in [5, 5.41) is 4.02. The number of nitrogens with zero attached hydrogens (tertiary/aromatic N) is 4. The van der Waals surface area contributed by atoms with Crippen LogP contribution < -0.4 is 11.3 Å². The van der Waals surface area contributed by atoms with Crippen LogP contribution in [0.5, 0.6) is 0 Å². The van der Waals surface area contributed by atoms with Gasteiger partial charge >= 0.3 is 0 Å². The number of nitrogens with two attached hydrogens (primary N) is 1. The minimum absolute atomic E-state index is 0.513. The van der Waals surface area contributed by atoms with E-state index in [0.29, 0.717) is 11.6 Å². The minimum atomic E-state index is 0.513. The van der Waals surface area contributed by atoms with E-state index in [4.69, 9.17) is 5.84 Å². The molecule has 3 aromatic rings. The van der Waals surface area contributed by atoms with Gasteiger partial charge in [0.1, 0.15) is 12.1 Å². The fourth-order valence-electron chi connectivity index (χ4n) is 1.67. The Hall–Kier alpha value is -2.47. The van der Waals surface area contributed by atoms with Gasteiger partial charge in [0, 0.05) is 11.6 Å². The first-order valence-corrected chi connectivity index (χ1v) is 5.11. The summed E-state index contributed by atoms with van der Waals surface area (Å²) in [4.78, 5) is 8.47. The average Bonchev–Trinajstić information content (AvgIpc) is 2.86. The summed E-state index contributed by atoms with van der Waals surface area (Å²) in [6.45, 7) is 0. The summed E-state index contributed by atoms with van der Waals surface area (Å²) in [6.07, 6.45) is 1.44. The summed E-state index contributed by atoms with van der Waals surface area (Å²) in [5.74, 6) is 6.61. The number of nitrogens with one attached hydrogen (secondary N) is 1. The zero-order valence-corrected chi connectivity index (χ0v) is 8.91. The van der Waals surface area contributed by atoms with Crippen molar-refractivity contribution in [1.29, 1.82) is 0 Å². The van der Waals surface area contributed by atoms with Crippen LogP contribution >= 0.6 is 0 Å². The summed E-state index contributed by atoms with van der Waals surface area (Å²) in [5.41, 5.74) is 4.40. The Balaban J connectivity index is 2.24. The van der Waals surface area contributed by atoms with Crippen molar-refractivity contribution in [2.75, 3.05) is 5.43 Å². The van der Waals surface area contributed by atoms with Crippen LogP contribution in [0.3, 0.4) is 0 Å². The van der Waals surface area contributed by atoms with Crippen molar-refractivity contribution in [2.45, 2.75) is 0 Å². The maximum atomic E-state index is 5.46. The number of hydrazine groups is 1. The van der Waals surface area contributed by atoms with E-state index in [1.807, 2.05) is 36.4 Å². The highest BCUT2D eigenvalue weighted by Crippen LogP contribution is 2.20. The molecular formula is C11H10N6. The van der Waals surface area contributed by atoms with Gasteiger partial charge in [-0.25, -0.2) is 10.8 Å². The Morgan fingerprint density at radius 2 is 2.00 bits per heavy atom. The number of aromatic nitrogens is 4. The van der Waals surface area contributed by atoms with E-state index in [1.54, 1.807) is 4.52 Å². The van der Waals surface area contributed by atoms with Crippen LogP contribution in [-0.4, -0.2) is 19.6 Å². The second-order valence-corrected chi connectivity index (χ2v) is 3.51. The Morgan fingerprint density at radius 3 is 2.76 bits per heavy atom. The molecule has 0 saturated carbocycles. The van der Waals surface area contributed by atoms with Crippen molar-refractivity contribution < 1.29 is 0 Å². The maximum Gasteiger partial charge on any atom is 0.254 e. The van der Waals surface area contributed by atoms with Gasteiger partial charge in [-0.05, 0) is 0 Å². The second kappa shape index (κ2) is 3.84. The van der Waals surface area contributed by atoms with Gasteiger partial charge in [0.15, 0.2) is 0 Å². The first-order valence-electron chi connectivity index (χ1n) is 5.11. The number of rotatable bonds is 2. The lowest BCUT2D eigenvalue weighted by atomic mass is 10.1. The lowest BCUT2D eigenvalue weighted by Gasteiger charge is -2.06. The number of hydrogen-bond acceptors (Lipinski definition) is 5. The van der Waals surface area contributed by atoms with Gasteiger partial charge < -0.3 is 5.43 Å². The van der Waals surface area contributed by atoms with E-state index in [1.165, 1.54) is 6.33 Å². The van der Waals surface area contributed by atoms with Crippen molar-refractivity contribution in [2.24, 2.45) is 5.84 Å². The number of nitrogen functional groups attached to an aromatic ring is 1. The molecule has 0 aliphatic carbocycles. The molecule has 0 bridgehead atoms. The fourth-order valence-corrected chi connectivity index (χ4v) is 1.67. The zero-order chi connectivity index (χ0) is 11.7. The summed E-state index contributed by atoms with van der Waals surface area (Å²) < 4.78 is 1.55. The Kier molecular flexibility index (Phi) is 2.20. The van der Waals surface area contributed by atoms with E-state index >= 15 is 0 Å². The molecule has 2 heterocycles. The van der Waals surface area contributed by atoms with Gasteiger partial charge in [-0.1, -0.05) is 30.3 Å². The van der Waals surface area contributed by atoms with E-state index in [-0.39, 0.29) is 0 Å². The molecule has 6 nitrogen and oxygen atoms in total. The van der Waals surface area contributed by atoms with Gasteiger partial charge in [0.25, 0.3) is 5.78 Å². The molecule has 0 radical (unpaired) electrons. The van der Waals surface area contributed by atoms with Crippen LogP contribution in [0.2, 0.25) is 0 Å². The van der Waals surface area contributed by atoms with E-state index in [0.717, 1.165) is 11.3 Å². The third kappa shape index (κ3) is 1.60. The maximum absolute atomic E-state index is 5.46. The first-order chi connectivity index (χ1) is 8.38. The Labute approximate surface area is 97.1 Å². The second-order valence-electron chi connectivity index (χ2n) is 3.51. The van der Waals surface area contributed by atoms with Crippen LogP contribution in [0.1, 0.15) is 0 Å². The highest BCUT2D eigenvalue weighted by molar-refractivity contribution is 5.64. The normalized spacial score (nSPS) is 10.6. The average molecular weight is 226 g/mol. The first kappa shape index (κ1) is 9.73. The fraction of sp³-hybridized carbons (Fsp3) is 0. The number of anilines is 1. The summed E-state index contributed by atoms with van der Waals surface area (Å²) >= 11 is 0. The summed E-state index contributed by atoms with van der Waals surface area (Å²) in [7, 11) is 0. The molecule has 17 heavy (non-hydrogen) atoms. The molecule has 2 aromatic heterocycles. The molecule has 3 rings (SSSR count). The molecule has 1 aromatic carbocycles. The summed E-state index contributed by atoms with van der Waals surface area (Å²) in [6, 6.07) is 11.7. The molecule has 0 saturated heterocycles. The van der Waals surface area contributed by atoms with Crippen molar-refractivity contribution in [3.63, 3.8) is 0 Å². The van der Waals surface area contributed by atoms with E-state index < -0.39 is 0 Å². The topological polar surface area (TPSA) is 81.1 Å². The number of benzene rings is 1. The van der Waals surface area contributed by atoms with Crippen LogP contribution in [-0.2, 0) is 0 Å². The number of fused-ring (bicyclic) bond motifs is 1. The standard InChI is InChI=1S/C11H10N6/c12-16-10-6-9(8-4-2-1-3-5-8)15-11-13-7-14-17(10)11/h1-7,16H,12H2. The lowest BCUT2D eigenvalue weighted by molar-refractivity contribution is 0.937. The van der Waals surface area contributed by atoms with Crippen molar-refractivity contribution in [3.8, 4) is 11.3 Å². The van der Waals surface area contributed by atoms with Crippen LogP contribution in [0.15, 0.2) is 42.7 Å². The van der Waals surface area contributed by atoms with E-state index in [2.05, 4.69) is 20.5 Å². The van der Waals surface area contributed by atoms with Gasteiger partial charge in [0.2, 0.25) is 0 Å². The molecule has 0 unspecified atom stereocenters. The molecular weight excluding hydrogens is 216 g/mol. The molecule has 0 amide bonds. The van der Waals surface area contributed by atoms with Gasteiger partial charge in [-0.15, -0.1) is 0 Å². The van der Waals surface area contributed by atoms with Crippen LogP contribution in [0, 0.1) is 0 Å². The molecule has 3 N–H and O–H groups in total. The highest BCUT2D eigenvalue weighted by atomic mass is 15.4. The van der Waals surface area contributed by atoms with Crippen LogP contribution in [0.25, 0.3) is 17.0 Å². The monoisotopic (exact) mass is 226 g/mol. The molecule has 0 aliphatic heterocycles.